The van der Waals surface area contributed by atoms with E-state index in [0.717, 1.165) is 61.2 Å². The van der Waals surface area contributed by atoms with Crippen LogP contribution in [-0.4, -0.2) is 46.5 Å². The molecule has 0 atom stereocenters. The fraction of sp³-hybridized carbons (Fsp3) is 0.417. The van der Waals surface area contributed by atoms with Crippen molar-refractivity contribution < 1.29 is 14.7 Å². The number of hydrogen-bond acceptors (Lipinski definition) is 3. The molecule has 1 fully saturated rings. The summed E-state index contributed by atoms with van der Waals surface area (Å²) < 4.78 is 0. The number of hydrogen-bond donors (Lipinski definition) is 3. The molecular formula is C24H27N3O3. The number of nitrogens with one attached hydrogen (secondary N) is 2. The van der Waals surface area contributed by atoms with E-state index in [1.165, 1.54) is 31.5 Å². The van der Waals surface area contributed by atoms with Gasteiger partial charge in [-0.05, 0) is 87.4 Å². The van der Waals surface area contributed by atoms with Crippen molar-refractivity contribution in [2.75, 3.05) is 25.0 Å². The minimum atomic E-state index is -0.931. The van der Waals surface area contributed by atoms with Crippen LogP contribution in [0.25, 0.3) is 11.6 Å². The van der Waals surface area contributed by atoms with Gasteiger partial charge < -0.3 is 20.3 Å². The second kappa shape index (κ2) is 7.76. The van der Waals surface area contributed by atoms with Crippen molar-refractivity contribution >= 4 is 29.2 Å². The number of aromatic carboxylic acids is 1. The van der Waals surface area contributed by atoms with Crippen LogP contribution in [0.1, 0.15) is 64.1 Å². The highest BCUT2D eigenvalue weighted by atomic mass is 16.4. The third kappa shape index (κ3) is 3.45. The highest BCUT2D eigenvalue weighted by Crippen LogP contribution is 2.36. The number of carbonyl (C=O) groups excluding carboxylic acids is 1. The van der Waals surface area contributed by atoms with Gasteiger partial charge >= 0.3 is 5.97 Å². The van der Waals surface area contributed by atoms with Crippen molar-refractivity contribution in [2.24, 2.45) is 0 Å². The molecule has 3 heterocycles. The van der Waals surface area contributed by atoms with Crippen molar-refractivity contribution in [3.8, 4) is 0 Å². The highest BCUT2D eigenvalue weighted by Gasteiger charge is 2.28. The standard InChI is InChI=1S/C24H27N3O3/c28-23-18(14-21-22(24(29)30)16-5-1-2-6-19(16)25-21)17-13-15(7-8-20(17)26-23)9-12-27-10-3-4-11-27/h7-8,13-14,25H,1-6,9-12H2,(H,26,28)(H,29,30). The zero-order valence-electron chi connectivity index (χ0n) is 17.1. The Kier molecular flexibility index (Phi) is 4.95. The molecule has 30 heavy (non-hydrogen) atoms. The van der Waals surface area contributed by atoms with Crippen molar-refractivity contribution in [3.05, 3.63) is 51.8 Å². The van der Waals surface area contributed by atoms with Gasteiger partial charge in [-0.1, -0.05) is 6.07 Å². The van der Waals surface area contributed by atoms with E-state index in [0.29, 0.717) is 16.8 Å². The van der Waals surface area contributed by atoms with Gasteiger partial charge in [0.25, 0.3) is 5.91 Å². The molecule has 3 N–H and O–H groups in total. The molecule has 1 aromatic heterocycles. The number of amides is 1. The Labute approximate surface area is 176 Å². The molecule has 1 aliphatic carbocycles. The first kappa shape index (κ1) is 19.1. The van der Waals surface area contributed by atoms with Gasteiger partial charge in [-0.25, -0.2) is 4.79 Å². The third-order valence-electron chi connectivity index (χ3n) is 6.61. The Morgan fingerprint density at radius 3 is 2.73 bits per heavy atom. The molecule has 1 saturated heterocycles. The number of aromatic nitrogens is 1. The number of aromatic amines is 1. The molecule has 6 nitrogen and oxygen atoms in total. The van der Waals surface area contributed by atoms with Gasteiger partial charge in [-0.2, -0.15) is 0 Å². The Morgan fingerprint density at radius 2 is 1.93 bits per heavy atom. The molecule has 156 valence electrons. The van der Waals surface area contributed by atoms with Gasteiger partial charge in [0.1, 0.15) is 0 Å². The van der Waals surface area contributed by atoms with Crippen LogP contribution >= 0.6 is 0 Å². The lowest BCUT2D eigenvalue weighted by atomic mass is 9.94. The van der Waals surface area contributed by atoms with Crippen LogP contribution in [-0.2, 0) is 24.1 Å². The molecule has 5 rings (SSSR count). The molecule has 0 spiro atoms. The van der Waals surface area contributed by atoms with Gasteiger partial charge in [0, 0.05) is 23.5 Å². The second-order valence-electron chi connectivity index (χ2n) is 8.57. The Hall–Kier alpha value is -2.86. The second-order valence-corrected chi connectivity index (χ2v) is 8.57. The summed E-state index contributed by atoms with van der Waals surface area (Å²) in [5, 5.41) is 12.7. The van der Waals surface area contributed by atoms with Gasteiger partial charge in [0.2, 0.25) is 0 Å². The molecule has 0 bridgehead atoms. The van der Waals surface area contributed by atoms with E-state index < -0.39 is 5.97 Å². The smallest absolute Gasteiger partial charge is 0.338 e. The van der Waals surface area contributed by atoms with Crippen LogP contribution < -0.4 is 5.32 Å². The summed E-state index contributed by atoms with van der Waals surface area (Å²) in [5.74, 6) is -1.11. The lowest BCUT2D eigenvalue weighted by Crippen LogP contribution is -2.21. The van der Waals surface area contributed by atoms with E-state index in [1.54, 1.807) is 6.08 Å². The largest absolute Gasteiger partial charge is 0.478 e. The number of carbonyl (C=O) groups is 2. The number of rotatable bonds is 5. The first-order valence-electron chi connectivity index (χ1n) is 11.0. The summed E-state index contributed by atoms with van der Waals surface area (Å²) in [7, 11) is 0. The molecule has 3 aliphatic rings. The highest BCUT2D eigenvalue weighted by molar-refractivity contribution is 6.35. The summed E-state index contributed by atoms with van der Waals surface area (Å²) in [6, 6.07) is 6.12. The zero-order valence-corrected chi connectivity index (χ0v) is 17.1. The number of fused-ring (bicyclic) bond motifs is 2. The van der Waals surface area contributed by atoms with Crippen LogP contribution in [0.3, 0.4) is 0 Å². The number of carboxylic acids is 1. The monoisotopic (exact) mass is 405 g/mol. The first-order chi connectivity index (χ1) is 14.6. The lowest BCUT2D eigenvalue weighted by Gasteiger charge is -2.14. The van der Waals surface area contributed by atoms with E-state index in [1.807, 2.05) is 6.07 Å². The SMILES string of the molecule is O=C1Nc2ccc(CCN3CCCC3)cc2C1=Cc1[nH]c2c(c1C(=O)O)CCCC2. The number of likely N-dealkylation sites (tertiary alicyclic amines) is 1. The number of aryl methyl sites for hydroxylation is 1. The Bertz CT molecular complexity index is 1040. The molecular weight excluding hydrogens is 378 g/mol. The zero-order chi connectivity index (χ0) is 20.7. The number of carboxylic acid groups (broad SMARTS) is 1. The Balaban J connectivity index is 1.48. The molecule has 2 aromatic rings. The summed E-state index contributed by atoms with van der Waals surface area (Å²) in [6.45, 7) is 3.38. The van der Waals surface area contributed by atoms with Gasteiger partial charge in [-0.3, -0.25) is 4.79 Å². The summed E-state index contributed by atoms with van der Waals surface area (Å²) in [4.78, 5) is 30.4. The molecule has 2 aliphatic heterocycles. The molecule has 6 heteroatoms. The summed E-state index contributed by atoms with van der Waals surface area (Å²) in [6.07, 6.45) is 8.95. The van der Waals surface area contributed by atoms with E-state index in [-0.39, 0.29) is 5.91 Å². The lowest BCUT2D eigenvalue weighted by molar-refractivity contribution is -0.110. The van der Waals surface area contributed by atoms with E-state index in [2.05, 4.69) is 27.3 Å². The first-order valence-corrected chi connectivity index (χ1v) is 11.0. The summed E-state index contributed by atoms with van der Waals surface area (Å²) >= 11 is 0. The van der Waals surface area contributed by atoms with Crippen LogP contribution in [0.2, 0.25) is 0 Å². The van der Waals surface area contributed by atoms with Crippen LogP contribution in [0.4, 0.5) is 5.69 Å². The van der Waals surface area contributed by atoms with Crippen LogP contribution in [0.5, 0.6) is 0 Å². The van der Waals surface area contributed by atoms with Gasteiger partial charge in [0.05, 0.1) is 16.8 Å². The number of anilines is 1. The quantitative estimate of drug-likeness (QED) is 0.662. The molecule has 0 unspecified atom stereocenters. The Morgan fingerprint density at radius 1 is 1.13 bits per heavy atom. The minimum Gasteiger partial charge on any atom is -0.478 e. The van der Waals surface area contributed by atoms with Crippen molar-refractivity contribution in [1.82, 2.24) is 9.88 Å². The normalized spacial score (nSPS) is 19.7. The van der Waals surface area contributed by atoms with Crippen molar-refractivity contribution in [1.29, 1.82) is 0 Å². The average Bonchev–Trinajstić information content (AvgIpc) is 3.44. The fourth-order valence-corrected chi connectivity index (χ4v) is 5.03. The number of benzene rings is 1. The van der Waals surface area contributed by atoms with E-state index in [9.17, 15) is 14.7 Å². The summed E-state index contributed by atoms with van der Waals surface area (Å²) in [5.41, 5.74) is 6.16. The van der Waals surface area contributed by atoms with Crippen molar-refractivity contribution in [2.45, 2.75) is 44.9 Å². The average molecular weight is 405 g/mol. The minimum absolute atomic E-state index is 0.175. The number of nitrogens with zero attached hydrogens (tertiary/aromatic N) is 1. The van der Waals surface area contributed by atoms with Gasteiger partial charge in [0.15, 0.2) is 0 Å². The molecule has 1 aromatic carbocycles. The number of H-pyrrole nitrogens is 1. The van der Waals surface area contributed by atoms with Crippen LogP contribution in [0.15, 0.2) is 18.2 Å². The topological polar surface area (TPSA) is 85.4 Å². The van der Waals surface area contributed by atoms with Gasteiger partial charge in [-0.15, -0.1) is 0 Å². The molecule has 1 amide bonds. The van der Waals surface area contributed by atoms with Crippen LogP contribution in [0, 0.1) is 0 Å². The predicted octanol–water partition coefficient (Wildman–Crippen LogP) is 3.72. The molecule has 0 saturated carbocycles. The maximum absolute atomic E-state index is 12.7. The predicted molar refractivity (Wildman–Crippen MR) is 117 cm³/mol. The molecule has 0 radical (unpaired) electrons. The van der Waals surface area contributed by atoms with Crippen molar-refractivity contribution in [3.63, 3.8) is 0 Å². The van der Waals surface area contributed by atoms with E-state index >= 15 is 0 Å². The fourth-order valence-electron chi connectivity index (χ4n) is 5.03. The maximum Gasteiger partial charge on any atom is 0.338 e. The van der Waals surface area contributed by atoms with E-state index in [4.69, 9.17) is 0 Å². The third-order valence-corrected chi connectivity index (χ3v) is 6.61. The maximum atomic E-state index is 12.7.